The number of carbonyl (C=O) groups excluding carboxylic acids is 2. The number of nitrogens with one attached hydrogen (secondary N) is 1. The van der Waals surface area contributed by atoms with E-state index in [1.54, 1.807) is 6.08 Å². The van der Waals surface area contributed by atoms with Crippen LogP contribution in [0.4, 0.5) is 0 Å². The lowest BCUT2D eigenvalue weighted by atomic mass is 9.99. The van der Waals surface area contributed by atoms with E-state index in [-0.39, 0.29) is 18.5 Å². The van der Waals surface area contributed by atoms with Gasteiger partial charge >= 0.3 is 5.97 Å². The lowest BCUT2D eigenvalue weighted by molar-refractivity contribution is -0.302. The van der Waals surface area contributed by atoms with Crippen molar-refractivity contribution in [2.45, 2.75) is 358 Å². The van der Waals surface area contributed by atoms with E-state index in [0.717, 1.165) is 70.6 Å². The minimum atomic E-state index is -1.58. The standard InChI is InChI=1S/C73H131NO10/c1-3-5-7-9-11-13-14-15-38-41-45-49-53-57-61-69(78)82-62-58-54-50-46-42-39-36-34-32-30-28-26-24-22-20-18-16-17-19-21-23-25-27-29-31-33-35-37-40-44-48-52-56-60-68(77)74-65(66(76)59-55-51-47-43-12-10-8-6-4-2)64-83-73-72(81)71(80)70(79)67(63-75)84-73/h4,6,12,14-15,20,22,26,28,43,55,59,65-67,70-73,75-76,79-81H,3,5,7-11,13,16-19,21,23-25,27,29-42,44-54,56-58,60-64H2,1-2H3,(H,74,77)/b6-4+,15-14-,22-20-,28-26-,43-12+,59-55+. The quantitative estimate of drug-likeness (QED) is 0.0195. The smallest absolute Gasteiger partial charge is 0.305 e. The summed E-state index contributed by atoms with van der Waals surface area (Å²) in [7, 11) is 0. The number of esters is 1. The van der Waals surface area contributed by atoms with E-state index in [4.69, 9.17) is 14.2 Å². The minimum absolute atomic E-state index is 0.00254. The normalized spacial score (nSPS) is 18.5. The van der Waals surface area contributed by atoms with E-state index in [1.807, 2.05) is 19.1 Å². The molecule has 7 atom stereocenters. The molecule has 1 aliphatic rings. The molecule has 1 amide bonds. The van der Waals surface area contributed by atoms with Gasteiger partial charge in [-0.1, -0.05) is 266 Å². The Morgan fingerprint density at radius 3 is 1.32 bits per heavy atom. The Morgan fingerprint density at radius 1 is 0.464 bits per heavy atom. The van der Waals surface area contributed by atoms with Gasteiger partial charge in [0.25, 0.3) is 0 Å². The molecule has 11 heteroatoms. The molecule has 1 fully saturated rings. The fraction of sp³-hybridized carbons (Fsp3) is 0.808. The SMILES string of the molecule is C/C=C/CC/C=C/CC/C=C/C(O)C(COC1OC(CO)C(O)C(O)C1O)NC(=O)CCCCCCCCCCCCCCCCCCC/C=C\C/C=C\CCCCCCCCCCCOC(=O)CCCCCCC/C=C\CCCCCCC. The van der Waals surface area contributed by atoms with Crippen molar-refractivity contribution in [3.8, 4) is 0 Å². The molecule has 1 rings (SSSR count). The molecule has 11 nitrogen and oxygen atoms in total. The Balaban J connectivity index is 1.92. The van der Waals surface area contributed by atoms with Crippen LogP contribution >= 0.6 is 0 Å². The second kappa shape index (κ2) is 61.7. The van der Waals surface area contributed by atoms with Crippen LogP contribution in [0.2, 0.25) is 0 Å². The van der Waals surface area contributed by atoms with Crippen molar-refractivity contribution >= 4 is 11.9 Å². The number of amides is 1. The van der Waals surface area contributed by atoms with Crippen LogP contribution in [0.1, 0.15) is 316 Å². The highest BCUT2D eigenvalue weighted by Gasteiger charge is 2.44. The maximum absolute atomic E-state index is 13.0. The number of unbranched alkanes of at least 4 members (excludes halogenated alkanes) is 38. The third kappa shape index (κ3) is 50.1. The number of aliphatic hydroxyl groups excluding tert-OH is 5. The Hall–Kier alpha value is -2.90. The zero-order valence-electron chi connectivity index (χ0n) is 54.1. The van der Waals surface area contributed by atoms with Crippen LogP contribution < -0.4 is 5.32 Å². The lowest BCUT2D eigenvalue weighted by Crippen LogP contribution is -2.60. The molecule has 0 aromatic carbocycles. The number of hydrogen-bond donors (Lipinski definition) is 6. The molecule has 0 radical (unpaired) electrons. The number of aliphatic hydroxyl groups is 5. The molecule has 488 valence electrons. The van der Waals surface area contributed by atoms with E-state index >= 15 is 0 Å². The van der Waals surface area contributed by atoms with E-state index in [0.29, 0.717) is 19.4 Å². The van der Waals surface area contributed by atoms with E-state index in [1.165, 1.54) is 218 Å². The number of ether oxygens (including phenoxy) is 3. The molecule has 84 heavy (non-hydrogen) atoms. The van der Waals surface area contributed by atoms with Crippen LogP contribution in [-0.2, 0) is 23.8 Å². The third-order valence-electron chi connectivity index (χ3n) is 16.3. The van der Waals surface area contributed by atoms with Gasteiger partial charge in [-0.3, -0.25) is 9.59 Å². The number of carbonyl (C=O) groups is 2. The average molecular weight is 1180 g/mol. The monoisotopic (exact) mass is 1180 g/mol. The summed E-state index contributed by atoms with van der Waals surface area (Å²) in [4.78, 5) is 25.1. The van der Waals surface area contributed by atoms with Gasteiger partial charge in [0.15, 0.2) is 6.29 Å². The first kappa shape index (κ1) is 79.1. The summed E-state index contributed by atoms with van der Waals surface area (Å²) in [6.07, 6.45) is 73.7. The highest BCUT2D eigenvalue weighted by Crippen LogP contribution is 2.23. The largest absolute Gasteiger partial charge is 0.466 e. The van der Waals surface area contributed by atoms with Crippen molar-refractivity contribution in [1.29, 1.82) is 0 Å². The molecule has 6 N–H and O–H groups in total. The van der Waals surface area contributed by atoms with Gasteiger partial charge in [0.1, 0.15) is 24.4 Å². The third-order valence-corrected chi connectivity index (χ3v) is 16.3. The molecular weight excluding hydrogens is 1050 g/mol. The van der Waals surface area contributed by atoms with Crippen LogP contribution in [0.15, 0.2) is 72.9 Å². The van der Waals surface area contributed by atoms with Crippen molar-refractivity contribution in [1.82, 2.24) is 5.32 Å². The number of hydrogen-bond acceptors (Lipinski definition) is 10. The van der Waals surface area contributed by atoms with Gasteiger partial charge in [0, 0.05) is 12.8 Å². The van der Waals surface area contributed by atoms with Gasteiger partial charge < -0.3 is 45.1 Å². The molecular formula is C73H131NO10. The van der Waals surface area contributed by atoms with Crippen molar-refractivity contribution in [3.05, 3.63) is 72.9 Å². The van der Waals surface area contributed by atoms with Crippen LogP contribution in [0.5, 0.6) is 0 Å². The van der Waals surface area contributed by atoms with Gasteiger partial charge in [-0.2, -0.15) is 0 Å². The van der Waals surface area contributed by atoms with Crippen molar-refractivity contribution < 1.29 is 49.3 Å². The molecule has 1 heterocycles. The first-order chi connectivity index (χ1) is 41.2. The second-order valence-electron chi connectivity index (χ2n) is 24.2. The maximum Gasteiger partial charge on any atom is 0.305 e. The Bertz CT molecular complexity index is 1630. The van der Waals surface area contributed by atoms with Crippen molar-refractivity contribution in [3.63, 3.8) is 0 Å². The predicted octanol–water partition coefficient (Wildman–Crippen LogP) is 17.9. The Morgan fingerprint density at radius 2 is 0.857 bits per heavy atom. The minimum Gasteiger partial charge on any atom is -0.466 e. The highest BCUT2D eigenvalue weighted by molar-refractivity contribution is 5.76. The van der Waals surface area contributed by atoms with E-state index in [9.17, 15) is 35.1 Å². The zero-order valence-corrected chi connectivity index (χ0v) is 54.1. The molecule has 0 saturated carbocycles. The predicted molar refractivity (Wildman–Crippen MR) is 352 cm³/mol. The summed E-state index contributed by atoms with van der Waals surface area (Å²) >= 11 is 0. The van der Waals surface area contributed by atoms with Crippen LogP contribution in [0.3, 0.4) is 0 Å². The average Bonchev–Trinajstić information content (AvgIpc) is 3.39. The summed E-state index contributed by atoms with van der Waals surface area (Å²) in [5.41, 5.74) is 0. The second-order valence-corrected chi connectivity index (χ2v) is 24.2. The van der Waals surface area contributed by atoms with Crippen molar-refractivity contribution in [2.75, 3.05) is 19.8 Å². The van der Waals surface area contributed by atoms with Gasteiger partial charge in [-0.05, 0) is 110 Å². The van der Waals surface area contributed by atoms with Crippen LogP contribution in [0, 0.1) is 0 Å². The Labute approximate surface area is 515 Å². The topological polar surface area (TPSA) is 175 Å². The van der Waals surface area contributed by atoms with E-state index < -0.39 is 49.5 Å². The van der Waals surface area contributed by atoms with Gasteiger partial charge in [0.05, 0.1) is 32.0 Å². The first-order valence-electron chi connectivity index (χ1n) is 35.2. The summed E-state index contributed by atoms with van der Waals surface area (Å²) in [5, 5.41) is 54.2. The molecule has 7 unspecified atom stereocenters. The molecule has 0 spiro atoms. The van der Waals surface area contributed by atoms with Crippen LogP contribution in [0.25, 0.3) is 0 Å². The fourth-order valence-electron chi connectivity index (χ4n) is 10.8. The van der Waals surface area contributed by atoms with E-state index in [2.05, 4.69) is 66.9 Å². The first-order valence-corrected chi connectivity index (χ1v) is 35.2. The Kier molecular flexibility index (Phi) is 58.1. The molecule has 0 bridgehead atoms. The lowest BCUT2D eigenvalue weighted by Gasteiger charge is -2.40. The van der Waals surface area contributed by atoms with Crippen LogP contribution in [-0.4, -0.2) is 100 Å². The van der Waals surface area contributed by atoms with Gasteiger partial charge in [-0.25, -0.2) is 0 Å². The fourth-order valence-corrected chi connectivity index (χ4v) is 10.8. The molecule has 0 aromatic rings. The number of allylic oxidation sites excluding steroid dienone is 11. The molecule has 1 aliphatic heterocycles. The highest BCUT2D eigenvalue weighted by atomic mass is 16.7. The molecule has 0 aliphatic carbocycles. The number of rotatable bonds is 61. The molecule has 0 aromatic heterocycles. The van der Waals surface area contributed by atoms with Gasteiger partial charge in [0.2, 0.25) is 5.91 Å². The summed E-state index contributed by atoms with van der Waals surface area (Å²) in [6, 6.07) is -0.833. The maximum atomic E-state index is 13.0. The van der Waals surface area contributed by atoms with Gasteiger partial charge in [-0.15, -0.1) is 0 Å². The summed E-state index contributed by atoms with van der Waals surface area (Å²) in [5.74, 6) is -0.200. The molecule has 1 saturated heterocycles. The zero-order chi connectivity index (χ0) is 60.9. The summed E-state index contributed by atoms with van der Waals surface area (Å²) < 4.78 is 16.7. The van der Waals surface area contributed by atoms with Crippen molar-refractivity contribution in [2.24, 2.45) is 0 Å². The summed E-state index contributed by atoms with van der Waals surface area (Å²) in [6.45, 7) is 4.09.